The summed E-state index contributed by atoms with van der Waals surface area (Å²) in [4.78, 5) is 21.7. The maximum atomic E-state index is 13.2. The topological polar surface area (TPSA) is 50.6 Å². The average molecular weight is 407 g/mol. The lowest BCUT2D eigenvalue weighted by Gasteiger charge is -2.25. The molecule has 0 aliphatic carbocycles. The number of likely N-dealkylation sites (N-methyl/N-ethyl adjacent to an activating group) is 1. The minimum absolute atomic E-state index is 0.0211. The van der Waals surface area contributed by atoms with E-state index < -0.39 is 0 Å². The maximum Gasteiger partial charge on any atom is 0.254 e. The summed E-state index contributed by atoms with van der Waals surface area (Å²) in [6.45, 7) is 4.57. The van der Waals surface area contributed by atoms with Gasteiger partial charge in [0.05, 0.1) is 13.7 Å². The molecule has 0 atom stereocenters. The van der Waals surface area contributed by atoms with Crippen LogP contribution in [0.3, 0.4) is 0 Å². The third-order valence-corrected chi connectivity index (χ3v) is 5.02. The van der Waals surface area contributed by atoms with E-state index in [9.17, 15) is 4.79 Å². The molecule has 1 aromatic heterocycles. The van der Waals surface area contributed by atoms with Crippen molar-refractivity contribution in [2.75, 3.05) is 34.3 Å². The van der Waals surface area contributed by atoms with Crippen molar-refractivity contribution in [3.05, 3.63) is 83.4 Å². The Morgan fingerprint density at radius 2 is 1.87 bits per heavy atom. The van der Waals surface area contributed by atoms with Gasteiger partial charge in [-0.25, -0.2) is 4.98 Å². The summed E-state index contributed by atoms with van der Waals surface area (Å²) < 4.78 is 7.41. The Labute approximate surface area is 178 Å². The number of hydrogen-bond donors (Lipinski definition) is 0. The molecule has 1 heterocycles. The van der Waals surface area contributed by atoms with Crippen LogP contribution in [0.2, 0.25) is 0 Å². The van der Waals surface area contributed by atoms with Gasteiger partial charge in [-0.2, -0.15) is 0 Å². The average Bonchev–Trinajstić information content (AvgIpc) is 3.17. The Bertz CT molecular complexity index is 963. The first kappa shape index (κ1) is 21.6. The van der Waals surface area contributed by atoms with Crippen LogP contribution in [-0.4, -0.2) is 59.6 Å². The number of nitrogens with zero attached hydrogens (tertiary/aromatic N) is 4. The van der Waals surface area contributed by atoms with E-state index in [2.05, 4.69) is 20.5 Å². The van der Waals surface area contributed by atoms with Crippen molar-refractivity contribution in [1.29, 1.82) is 0 Å². The molecule has 3 rings (SSSR count). The normalized spacial score (nSPS) is 11.0. The van der Waals surface area contributed by atoms with Gasteiger partial charge in [0, 0.05) is 37.6 Å². The van der Waals surface area contributed by atoms with Gasteiger partial charge in [-0.15, -0.1) is 0 Å². The fraction of sp³-hybridized carbons (Fsp3) is 0.333. The van der Waals surface area contributed by atoms with Crippen molar-refractivity contribution in [1.82, 2.24) is 19.4 Å². The number of hydrogen-bond acceptors (Lipinski definition) is 4. The molecule has 6 heteroatoms. The van der Waals surface area contributed by atoms with E-state index in [1.165, 1.54) is 0 Å². The van der Waals surface area contributed by atoms with E-state index >= 15 is 0 Å². The summed E-state index contributed by atoms with van der Waals surface area (Å²) in [5, 5.41) is 0. The molecule has 1 amide bonds. The molecule has 0 saturated heterocycles. The fourth-order valence-corrected chi connectivity index (χ4v) is 3.23. The van der Waals surface area contributed by atoms with Gasteiger partial charge in [0.25, 0.3) is 5.91 Å². The van der Waals surface area contributed by atoms with Crippen molar-refractivity contribution >= 4 is 5.91 Å². The van der Waals surface area contributed by atoms with E-state index in [1.54, 1.807) is 13.3 Å². The predicted molar refractivity (Wildman–Crippen MR) is 119 cm³/mol. The summed E-state index contributed by atoms with van der Waals surface area (Å²) in [7, 11) is 5.69. The molecule has 0 unspecified atom stereocenters. The molecule has 2 aromatic carbocycles. The highest BCUT2D eigenvalue weighted by molar-refractivity contribution is 5.94. The second kappa shape index (κ2) is 10.1. The first-order valence-corrected chi connectivity index (χ1v) is 10.1. The number of amides is 1. The van der Waals surface area contributed by atoms with Gasteiger partial charge in [0.2, 0.25) is 0 Å². The molecule has 0 radical (unpaired) electrons. The zero-order valence-electron chi connectivity index (χ0n) is 18.2. The quantitative estimate of drug-likeness (QED) is 0.546. The van der Waals surface area contributed by atoms with Crippen LogP contribution >= 0.6 is 0 Å². The molecule has 0 fully saturated rings. The molecule has 0 saturated carbocycles. The van der Waals surface area contributed by atoms with Crippen LogP contribution < -0.4 is 4.74 Å². The standard InChI is InChI=1S/C24H30N4O2/c1-19-8-10-21(11-9-19)24(29)28(15-14-26(2)3)18-23-25-12-13-27(23)17-20-6-5-7-22(16-20)30-4/h5-13,16H,14-15,17-18H2,1-4H3. The molecule has 3 aromatic rings. The second-order valence-electron chi connectivity index (χ2n) is 7.72. The first-order chi connectivity index (χ1) is 14.5. The SMILES string of the molecule is COc1cccc(Cn2ccnc2CN(CCN(C)C)C(=O)c2ccc(C)cc2)c1. The third kappa shape index (κ3) is 5.70. The van der Waals surface area contributed by atoms with Crippen molar-refractivity contribution < 1.29 is 9.53 Å². The molecule has 0 aliphatic rings. The van der Waals surface area contributed by atoms with Gasteiger partial charge < -0.3 is 19.1 Å². The number of methoxy groups -OCH3 is 1. The largest absolute Gasteiger partial charge is 0.497 e. The second-order valence-corrected chi connectivity index (χ2v) is 7.72. The molecule has 6 nitrogen and oxygen atoms in total. The lowest BCUT2D eigenvalue weighted by atomic mass is 10.1. The zero-order chi connectivity index (χ0) is 21.5. The molecular weight excluding hydrogens is 376 g/mol. The number of benzene rings is 2. The van der Waals surface area contributed by atoms with Crippen LogP contribution in [0.25, 0.3) is 0 Å². The van der Waals surface area contributed by atoms with Crippen LogP contribution in [-0.2, 0) is 13.1 Å². The number of ether oxygens (including phenoxy) is 1. The molecule has 158 valence electrons. The fourth-order valence-electron chi connectivity index (χ4n) is 3.23. The molecule has 30 heavy (non-hydrogen) atoms. The Kier molecular flexibility index (Phi) is 7.25. The minimum Gasteiger partial charge on any atom is -0.497 e. The molecular formula is C24H30N4O2. The van der Waals surface area contributed by atoms with E-state index in [4.69, 9.17) is 4.74 Å². The number of rotatable bonds is 9. The number of imidazole rings is 1. The smallest absolute Gasteiger partial charge is 0.254 e. The molecule has 0 spiro atoms. The lowest BCUT2D eigenvalue weighted by molar-refractivity contribution is 0.0726. The highest BCUT2D eigenvalue weighted by Gasteiger charge is 2.18. The van der Waals surface area contributed by atoms with Gasteiger partial charge in [0.15, 0.2) is 0 Å². The number of aromatic nitrogens is 2. The zero-order valence-corrected chi connectivity index (χ0v) is 18.2. The molecule has 0 N–H and O–H groups in total. The molecule has 0 bridgehead atoms. The van der Waals surface area contributed by atoms with Crippen molar-refractivity contribution in [3.8, 4) is 5.75 Å². The van der Waals surface area contributed by atoms with Crippen molar-refractivity contribution in [2.24, 2.45) is 0 Å². The number of carbonyl (C=O) groups is 1. The lowest BCUT2D eigenvalue weighted by Crippen LogP contribution is -2.37. The Hall–Kier alpha value is -3.12. The van der Waals surface area contributed by atoms with E-state index in [0.717, 1.165) is 29.2 Å². The van der Waals surface area contributed by atoms with E-state index in [0.29, 0.717) is 25.2 Å². The molecule has 0 aliphatic heterocycles. The summed E-state index contributed by atoms with van der Waals surface area (Å²) in [5.41, 5.74) is 2.96. The van der Waals surface area contributed by atoms with Crippen LogP contribution in [0.1, 0.15) is 27.3 Å². The Balaban J connectivity index is 1.79. The Morgan fingerprint density at radius 3 is 2.57 bits per heavy atom. The highest BCUT2D eigenvalue weighted by Crippen LogP contribution is 2.16. The van der Waals surface area contributed by atoms with Crippen LogP contribution in [0, 0.1) is 6.92 Å². The van der Waals surface area contributed by atoms with Gasteiger partial charge >= 0.3 is 0 Å². The summed E-state index contributed by atoms with van der Waals surface area (Å²) in [5.74, 6) is 1.71. The Morgan fingerprint density at radius 1 is 1.10 bits per heavy atom. The predicted octanol–water partition coefficient (Wildman–Crippen LogP) is 3.45. The van der Waals surface area contributed by atoms with Crippen LogP contribution in [0.4, 0.5) is 0 Å². The van der Waals surface area contributed by atoms with Crippen molar-refractivity contribution in [2.45, 2.75) is 20.0 Å². The highest BCUT2D eigenvalue weighted by atomic mass is 16.5. The van der Waals surface area contributed by atoms with E-state index in [-0.39, 0.29) is 5.91 Å². The summed E-state index contributed by atoms with van der Waals surface area (Å²) >= 11 is 0. The third-order valence-electron chi connectivity index (χ3n) is 5.02. The van der Waals surface area contributed by atoms with Gasteiger partial charge in [0.1, 0.15) is 11.6 Å². The minimum atomic E-state index is 0.0211. The van der Waals surface area contributed by atoms with E-state index in [1.807, 2.05) is 74.6 Å². The number of aryl methyl sites for hydroxylation is 1. The maximum absolute atomic E-state index is 13.2. The van der Waals surface area contributed by atoms with Gasteiger partial charge in [-0.1, -0.05) is 29.8 Å². The van der Waals surface area contributed by atoms with Crippen LogP contribution in [0.15, 0.2) is 60.9 Å². The van der Waals surface area contributed by atoms with Gasteiger partial charge in [-0.3, -0.25) is 4.79 Å². The monoisotopic (exact) mass is 406 g/mol. The van der Waals surface area contributed by atoms with Crippen LogP contribution in [0.5, 0.6) is 5.75 Å². The first-order valence-electron chi connectivity index (χ1n) is 10.1. The summed E-state index contributed by atoms with van der Waals surface area (Å²) in [6.07, 6.45) is 3.74. The summed E-state index contributed by atoms with van der Waals surface area (Å²) in [6, 6.07) is 15.7. The van der Waals surface area contributed by atoms with Crippen molar-refractivity contribution in [3.63, 3.8) is 0 Å². The van der Waals surface area contributed by atoms with Gasteiger partial charge in [-0.05, 0) is 50.8 Å². The number of carbonyl (C=O) groups excluding carboxylic acids is 1.